The van der Waals surface area contributed by atoms with E-state index in [4.69, 9.17) is 5.73 Å². The first-order valence-electron chi connectivity index (χ1n) is 7.80. The van der Waals surface area contributed by atoms with Gasteiger partial charge in [0.05, 0.1) is 0 Å². The number of urea groups is 1. The SMILES string of the molecule is C[C@@H](Nc1ccc(CCN2CCSCC2)cc1)C(=O)NC(N)=O. The summed E-state index contributed by atoms with van der Waals surface area (Å²) in [6, 6.07) is 6.68. The zero-order valence-corrected chi connectivity index (χ0v) is 14.2. The van der Waals surface area contributed by atoms with E-state index >= 15 is 0 Å². The van der Waals surface area contributed by atoms with Gasteiger partial charge in [-0.1, -0.05) is 12.1 Å². The van der Waals surface area contributed by atoms with E-state index in [2.05, 4.69) is 27.7 Å². The van der Waals surface area contributed by atoms with Crippen LogP contribution in [0.3, 0.4) is 0 Å². The van der Waals surface area contributed by atoms with Crippen molar-refractivity contribution in [3.63, 3.8) is 0 Å². The Balaban J connectivity index is 1.79. The van der Waals surface area contributed by atoms with Crippen molar-refractivity contribution >= 4 is 29.4 Å². The molecule has 1 aliphatic heterocycles. The van der Waals surface area contributed by atoms with Gasteiger partial charge in [-0.05, 0) is 31.0 Å². The number of thioether (sulfide) groups is 1. The summed E-state index contributed by atoms with van der Waals surface area (Å²) in [7, 11) is 0. The molecule has 0 unspecified atom stereocenters. The molecule has 0 spiro atoms. The third-order valence-corrected chi connectivity index (χ3v) is 4.74. The van der Waals surface area contributed by atoms with Crippen molar-refractivity contribution in [3.8, 4) is 0 Å². The molecule has 126 valence electrons. The van der Waals surface area contributed by atoms with Gasteiger partial charge in [-0.2, -0.15) is 11.8 Å². The summed E-state index contributed by atoms with van der Waals surface area (Å²) in [6.07, 6.45) is 1.03. The van der Waals surface area contributed by atoms with Gasteiger partial charge in [-0.3, -0.25) is 10.1 Å². The van der Waals surface area contributed by atoms with E-state index in [-0.39, 0.29) is 0 Å². The molecule has 23 heavy (non-hydrogen) atoms. The number of nitrogens with one attached hydrogen (secondary N) is 2. The fourth-order valence-corrected chi connectivity index (χ4v) is 3.40. The highest BCUT2D eigenvalue weighted by atomic mass is 32.2. The van der Waals surface area contributed by atoms with Crippen LogP contribution >= 0.6 is 11.8 Å². The van der Waals surface area contributed by atoms with Gasteiger partial charge in [0.25, 0.3) is 0 Å². The Morgan fingerprint density at radius 3 is 2.52 bits per heavy atom. The fourth-order valence-electron chi connectivity index (χ4n) is 2.42. The van der Waals surface area contributed by atoms with E-state index in [0.29, 0.717) is 0 Å². The number of primary amides is 1. The third-order valence-electron chi connectivity index (χ3n) is 3.80. The second-order valence-corrected chi connectivity index (χ2v) is 6.85. The van der Waals surface area contributed by atoms with E-state index in [1.54, 1.807) is 6.92 Å². The van der Waals surface area contributed by atoms with Crippen LogP contribution in [0.4, 0.5) is 10.5 Å². The summed E-state index contributed by atoms with van der Waals surface area (Å²) in [6.45, 7) is 5.12. The average Bonchev–Trinajstić information content (AvgIpc) is 2.54. The van der Waals surface area contributed by atoms with Crippen molar-refractivity contribution in [1.82, 2.24) is 10.2 Å². The van der Waals surface area contributed by atoms with E-state index in [9.17, 15) is 9.59 Å². The van der Waals surface area contributed by atoms with Crippen LogP contribution in [0.15, 0.2) is 24.3 Å². The average molecular weight is 336 g/mol. The van der Waals surface area contributed by atoms with E-state index < -0.39 is 18.0 Å². The molecule has 1 fully saturated rings. The summed E-state index contributed by atoms with van der Waals surface area (Å²) in [4.78, 5) is 24.8. The number of imide groups is 1. The number of hydrogen-bond donors (Lipinski definition) is 3. The van der Waals surface area contributed by atoms with Crippen LogP contribution in [0.5, 0.6) is 0 Å². The minimum Gasteiger partial charge on any atom is -0.374 e. The smallest absolute Gasteiger partial charge is 0.318 e. The van der Waals surface area contributed by atoms with Gasteiger partial charge in [0.15, 0.2) is 0 Å². The second-order valence-electron chi connectivity index (χ2n) is 5.62. The van der Waals surface area contributed by atoms with Crippen molar-refractivity contribution in [2.24, 2.45) is 5.73 Å². The van der Waals surface area contributed by atoms with Crippen LogP contribution in [0.25, 0.3) is 0 Å². The number of amides is 3. The summed E-state index contributed by atoms with van der Waals surface area (Å²) in [5.74, 6) is 2.02. The number of anilines is 1. The van der Waals surface area contributed by atoms with E-state index in [0.717, 1.165) is 18.7 Å². The lowest BCUT2D eigenvalue weighted by atomic mass is 10.1. The number of carbonyl (C=O) groups is 2. The van der Waals surface area contributed by atoms with Crippen molar-refractivity contribution in [2.75, 3.05) is 36.5 Å². The number of nitrogens with zero attached hydrogens (tertiary/aromatic N) is 1. The minimum atomic E-state index is -0.838. The first-order valence-corrected chi connectivity index (χ1v) is 8.96. The van der Waals surface area contributed by atoms with Crippen LogP contribution in [-0.4, -0.2) is 54.0 Å². The molecule has 4 N–H and O–H groups in total. The standard InChI is InChI=1S/C16H24N4O2S/c1-12(15(21)19-16(17)22)18-14-4-2-13(3-5-14)6-7-20-8-10-23-11-9-20/h2-5,12,18H,6-11H2,1H3,(H3,17,19,21,22)/t12-/m1/s1. The Kier molecular flexibility index (Phi) is 6.73. The van der Waals surface area contributed by atoms with Crippen LogP contribution in [0, 0.1) is 0 Å². The van der Waals surface area contributed by atoms with Gasteiger partial charge in [0.1, 0.15) is 6.04 Å². The number of benzene rings is 1. The molecule has 1 heterocycles. The molecule has 0 aliphatic carbocycles. The van der Waals surface area contributed by atoms with Crippen LogP contribution in [-0.2, 0) is 11.2 Å². The highest BCUT2D eigenvalue weighted by Crippen LogP contribution is 2.13. The monoisotopic (exact) mass is 336 g/mol. The van der Waals surface area contributed by atoms with Gasteiger partial charge in [0, 0.05) is 36.8 Å². The Bertz CT molecular complexity index is 529. The zero-order chi connectivity index (χ0) is 16.7. The molecule has 1 aromatic carbocycles. The Morgan fingerprint density at radius 1 is 1.26 bits per heavy atom. The minimum absolute atomic E-state index is 0.440. The molecule has 1 saturated heterocycles. The molecule has 1 aliphatic rings. The molecule has 3 amide bonds. The molecule has 1 atom stereocenters. The molecule has 0 radical (unpaired) electrons. The molecule has 7 heteroatoms. The van der Waals surface area contributed by atoms with Gasteiger partial charge >= 0.3 is 6.03 Å². The summed E-state index contributed by atoms with van der Waals surface area (Å²) >= 11 is 2.02. The van der Waals surface area contributed by atoms with E-state index in [1.165, 1.54) is 30.2 Å². The Hall–Kier alpha value is -1.73. The molecular weight excluding hydrogens is 312 g/mol. The lowest BCUT2D eigenvalue weighted by molar-refractivity contribution is -0.120. The van der Waals surface area contributed by atoms with Gasteiger partial charge in [-0.25, -0.2) is 4.79 Å². The largest absolute Gasteiger partial charge is 0.374 e. The number of nitrogens with two attached hydrogens (primary N) is 1. The maximum atomic E-state index is 11.6. The normalized spacial score (nSPS) is 16.6. The number of hydrogen-bond acceptors (Lipinski definition) is 5. The highest BCUT2D eigenvalue weighted by molar-refractivity contribution is 7.99. The van der Waals surface area contributed by atoms with Gasteiger partial charge < -0.3 is 16.0 Å². The summed E-state index contributed by atoms with van der Waals surface area (Å²) in [5.41, 5.74) is 7.06. The van der Waals surface area contributed by atoms with Crippen molar-refractivity contribution in [1.29, 1.82) is 0 Å². The quantitative estimate of drug-likeness (QED) is 0.728. The first-order chi connectivity index (χ1) is 11.0. The zero-order valence-electron chi connectivity index (χ0n) is 13.4. The molecule has 0 bridgehead atoms. The Labute approximate surface area is 141 Å². The predicted molar refractivity (Wildman–Crippen MR) is 94.7 cm³/mol. The van der Waals surface area contributed by atoms with Crippen molar-refractivity contribution < 1.29 is 9.59 Å². The number of carbonyl (C=O) groups excluding carboxylic acids is 2. The molecule has 1 aromatic rings. The van der Waals surface area contributed by atoms with Gasteiger partial charge in [-0.15, -0.1) is 0 Å². The summed E-state index contributed by atoms with van der Waals surface area (Å²) < 4.78 is 0. The summed E-state index contributed by atoms with van der Waals surface area (Å²) in [5, 5.41) is 5.11. The fraction of sp³-hybridized carbons (Fsp3) is 0.500. The van der Waals surface area contributed by atoms with Crippen molar-refractivity contribution in [3.05, 3.63) is 29.8 Å². The Morgan fingerprint density at radius 2 is 1.91 bits per heavy atom. The lowest BCUT2D eigenvalue weighted by Gasteiger charge is -2.26. The predicted octanol–water partition coefficient (Wildman–Crippen LogP) is 1.27. The maximum Gasteiger partial charge on any atom is 0.318 e. The topological polar surface area (TPSA) is 87.5 Å². The molecular formula is C16H24N4O2S. The molecule has 0 saturated carbocycles. The highest BCUT2D eigenvalue weighted by Gasteiger charge is 2.14. The first kappa shape index (κ1) is 17.6. The number of rotatable bonds is 6. The van der Waals surface area contributed by atoms with Crippen LogP contribution in [0.1, 0.15) is 12.5 Å². The van der Waals surface area contributed by atoms with Crippen molar-refractivity contribution in [2.45, 2.75) is 19.4 Å². The second kappa shape index (κ2) is 8.79. The molecule has 0 aromatic heterocycles. The molecule has 2 rings (SSSR count). The van der Waals surface area contributed by atoms with Crippen LogP contribution < -0.4 is 16.4 Å². The molecule has 6 nitrogen and oxygen atoms in total. The van der Waals surface area contributed by atoms with E-state index in [1.807, 2.05) is 23.9 Å². The third kappa shape index (κ3) is 6.11. The van der Waals surface area contributed by atoms with Gasteiger partial charge in [0.2, 0.25) is 5.91 Å². The lowest BCUT2D eigenvalue weighted by Crippen LogP contribution is -2.43. The maximum absolute atomic E-state index is 11.6. The van der Waals surface area contributed by atoms with Crippen LogP contribution in [0.2, 0.25) is 0 Å².